The van der Waals surface area contributed by atoms with Gasteiger partial charge in [0.2, 0.25) is 5.56 Å². The Morgan fingerprint density at radius 1 is 1.47 bits per heavy atom. The van der Waals surface area contributed by atoms with Crippen molar-refractivity contribution in [3.8, 4) is 0 Å². The molecule has 5 heteroatoms. The van der Waals surface area contributed by atoms with Gasteiger partial charge in [-0.3, -0.25) is 10.2 Å². The zero-order chi connectivity index (χ0) is 11.8. The number of pyridine rings is 1. The van der Waals surface area contributed by atoms with Crippen LogP contribution in [0, 0.1) is 5.41 Å². The fraction of sp³-hybridized carbons (Fsp3) is 0.200. The number of nitrogens with one attached hydrogen (secondary N) is 1. The number of rotatable bonds is 1. The molecule has 5 nitrogen and oxygen atoms in total. The summed E-state index contributed by atoms with van der Waals surface area (Å²) in [6.07, 6.45) is 3.31. The van der Waals surface area contributed by atoms with Crippen LogP contribution in [0.3, 0.4) is 0 Å². The third kappa shape index (κ3) is 5.30. The van der Waals surface area contributed by atoms with E-state index in [1.807, 2.05) is 6.07 Å². The molecule has 0 aromatic carbocycles. The molecule has 15 heavy (non-hydrogen) atoms. The molecule has 0 aliphatic rings. The highest BCUT2D eigenvalue weighted by molar-refractivity contribution is 5.93. The molecule has 0 aliphatic heterocycles. The fourth-order valence-electron chi connectivity index (χ4n) is 0.663. The van der Waals surface area contributed by atoms with E-state index in [0.29, 0.717) is 5.70 Å². The lowest BCUT2D eigenvalue weighted by molar-refractivity contribution is 0.860. The van der Waals surface area contributed by atoms with Crippen LogP contribution in [0.5, 0.6) is 0 Å². The Morgan fingerprint density at radius 3 is 2.27 bits per heavy atom. The van der Waals surface area contributed by atoms with Gasteiger partial charge in [-0.05, 0) is 13.0 Å². The molecule has 0 fully saturated rings. The highest BCUT2D eigenvalue weighted by Crippen LogP contribution is 1.76. The van der Waals surface area contributed by atoms with Crippen molar-refractivity contribution < 1.29 is 0 Å². The van der Waals surface area contributed by atoms with Crippen LogP contribution in [-0.2, 0) is 7.05 Å². The van der Waals surface area contributed by atoms with Crippen LogP contribution in [0.25, 0.3) is 0 Å². The van der Waals surface area contributed by atoms with E-state index in [9.17, 15) is 4.79 Å². The molecule has 1 rings (SSSR count). The summed E-state index contributed by atoms with van der Waals surface area (Å²) in [5.74, 6) is -0.0671. The summed E-state index contributed by atoms with van der Waals surface area (Å²) in [5.41, 5.74) is 10.4. The third-order valence-electron chi connectivity index (χ3n) is 1.63. The molecule has 0 amide bonds. The quantitative estimate of drug-likeness (QED) is 0.453. The Morgan fingerprint density at radius 2 is 2.07 bits per heavy atom. The molecule has 0 aliphatic carbocycles. The highest BCUT2D eigenvalue weighted by Gasteiger charge is 1.85. The molecule has 0 spiro atoms. The van der Waals surface area contributed by atoms with E-state index in [4.69, 9.17) is 16.9 Å². The smallest absolute Gasteiger partial charge is 0.250 e. The average molecular weight is 208 g/mol. The summed E-state index contributed by atoms with van der Waals surface area (Å²) < 4.78 is 1.53. The van der Waals surface area contributed by atoms with Gasteiger partial charge >= 0.3 is 0 Å². The van der Waals surface area contributed by atoms with Crippen molar-refractivity contribution in [1.29, 1.82) is 5.41 Å². The van der Waals surface area contributed by atoms with E-state index >= 15 is 0 Å². The Hall–Kier alpha value is -2.04. The molecule has 1 heterocycles. The van der Waals surface area contributed by atoms with Crippen LogP contribution in [0.2, 0.25) is 0 Å². The molecule has 0 radical (unpaired) electrons. The average Bonchev–Trinajstić information content (AvgIpc) is 2.22. The molecule has 5 N–H and O–H groups in total. The van der Waals surface area contributed by atoms with Crippen molar-refractivity contribution in [1.82, 2.24) is 4.57 Å². The molecular weight excluding hydrogens is 192 g/mol. The monoisotopic (exact) mass is 208 g/mol. The molecule has 0 unspecified atom stereocenters. The number of nitrogens with two attached hydrogens (primary N) is 2. The summed E-state index contributed by atoms with van der Waals surface area (Å²) in [5, 5.41) is 6.68. The summed E-state index contributed by atoms with van der Waals surface area (Å²) in [6, 6.07) is 5.07. The lowest BCUT2D eigenvalue weighted by Gasteiger charge is -1.90. The van der Waals surface area contributed by atoms with Crippen molar-refractivity contribution >= 4 is 5.84 Å². The van der Waals surface area contributed by atoms with Crippen LogP contribution in [0.15, 0.2) is 41.0 Å². The molecule has 1 aromatic heterocycles. The standard InChI is InChI=1S/C6H7NO.C4H9N3/c1-7-5-3-2-4-6(7)8;1-2-3(5)4(6)7/h2-5H,1H3;2H,5H2,1H3,(H3,6,7)/b;3-2+. The molecule has 1 aromatic rings. The molecule has 0 bridgehead atoms. The largest absolute Gasteiger partial charge is 0.396 e. The van der Waals surface area contributed by atoms with Gasteiger partial charge in [-0.1, -0.05) is 12.1 Å². The maximum atomic E-state index is 10.6. The summed E-state index contributed by atoms with van der Waals surface area (Å²) >= 11 is 0. The normalized spacial score (nSPS) is 10.1. The van der Waals surface area contributed by atoms with Crippen molar-refractivity contribution in [2.24, 2.45) is 18.5 Å². The minimum atomic E-state index is -0.0671. The fourth-order valence-corrected chi connectivity index (χ4v) is 0.663. The predicted octanol–water partition coefficient (Wildman–Crippen LogP) is 0.170. The first-order chi connectivity index (χ1) is 6.99. The first-order valence-electron chi connectivity index (χ1n) is 4.37. The minimum absolute atomic E-state index is 0.0347. The van der Waals surface area contributed by atoms with E-state index in [0.717, 1.165) is 0 Å². The van der Waals surface area contributed by atoms with Gasteiger partial charge in [-0.15, -0.1) is 0 Å². The van der Waals surface area contributed by atoms with Gasteiger partial charge in [0, 0.05) is 19.3 Å². The first kappa shape index (κ1) is 13.0. The number of hydrogen-bond acceptors (Lipinski definition) is 3. The zero-order valence-electron chi connectivity index (χ0n) is 8.90. The van der Waals surface area contributed by atoms with Gasteiger partial charge < -0.3 is 16.0 Å². The SMILES string of the molecule is C/C=C(/N)C(=N)N.Cn1ccccc1=O. The van der Waals surface area contributed by atoms with Crippen molar-refractivity contribution in [3.63, 3.8) is 0 Å². The summed E-state index contributed by atoms with van der Waals surface area (Å²) in [7, 11) is 1.72. The highest BCUT2D eigenvalue weighted by atomic mass is 16.1. The second kappa shape index (κ2) is 6.42. The van der Waals surface area contributed by atoms with Crippen LogP contribution < -0.4 is 17.0 Å². The molecule has 82 valence electrons. The first-order valence-corrected chi connectivity index (χ1v) is 4.37. The Bertz CT molecular complexity index is 406. The van der Waals surface area contributed by atoms with Gasteiger partial charge in [0.1, 0.15) is 5.84 Å². The van der Waals surface area contributed by atoms with E-state index < -0.39 is 0 Å². The van der Waals surface area contributed by atoms with Gasteiger partial charge in [0.25, 0.3) is 0 Å². The maximum absolute atomic E-state index is 10.6. The molecule has 0 saturated carbocycles. The van der Waals surface area contributed by atoms with E-state index in [1.165, 1.54) is 10.6 Å². The Balaban J connectivity index is 0.000000265. The topological polar surface area (TPSA) is 97.9 Å². The number of amidine groups is 1. The number of aryl methyl sites for hydroxylation is 1. The third-order valence-corrected chi connectivity index (χ3v) is 1.63. The second-order valence-electron chi connectivity index (χ2n) is 2.81. The molecule has 0 saturated heterocycles. The summed E-state index contributed by atoms with van der Waals surface area (Å²) in [6.45, 7) is 1.73. The van der Waals surface area contributed by atoms with E-state index in [-0.39, 0.29) is 11.4 Å². The number of allylic oxidation sites excluding steroid dienone is 1. The van der Waals surface area contributed by atoms with E-state index in [2.05, 4.69) is 0 Å². The van der Waals surface area contributed by atoms with Gasteiger partial charge in [0.15, 0.2) is 0 Å². The van der Waals surface area contributed by atoms with Crippen LogP contribution in [0.1, 0.15) is 6.92 Å². The van der Waals surface area contributed by atoms with Crippen LogP contribution in [0.4, 0.5) is 0 Å². The van der Waals surface area contributed by atoms with Gasteiger partial charge in [0.05, 0.1) is 5.70 Å². The maximum Gasteiger partial charge on any atom is 0.250 e. The number of hydrogen-bond donors (Lipinski definition) is 3. The van der Waals surface area contributed by atoms with E-state index in [1.54, 1.807) is 32.3 Å². The number of aromatic nitrogens is 1. The zero-order valence-corrected chi connectivity index (χ0v) is 8.90. The van der Waals surface area contributed by atoms with Gasteiger partial charge in [-0.2, -0.15) is 0 Å². The van der Waals surface area contributed by atoms with Crippen molar-refractivity contribution in [2.75, 3.05) is 0 Å². The molecule has 0 atom stereocenters. The summed E-state index contributed by atoms with van der Waals surface area (Å²) in [4.78, 5) is 10.6. The lowest BCUT2D eigenvalue weighted by atomic mass is 10.4. The lowest BCUT2D eigenvalue weighted by Crippen LogP contribution is -2.18. The van der Waals surface area contributed by atoms with Gasteiger partial charge in [-0.25, -0.2) is 0 Å². The Labute approximate surface area is 88.5 Å². The van der Waals surface area contributed by atoms with Crippen LogP contribution >= 0.6 is 0 Å². The minimum Gasteiger partial charge on any atom is -0.396 e. The van der Waals surface area contributed by atoms with Crippen molar-refractivity contribution in [2.45, 2.75) is 6.92 Å². The van der Waals surface area contributed by atoms with Crippen LogP contribution in [-0.4, -0.2) is 10.4 Å². The Kier molecular flexibility index (Phi) is 5.55. The van der Waals surface area contributed by atoms with Crippen molar-refractivity contribution in [3.05, 3.63) is 46.5 Å². The molecular formula is C10H16N4O. The predicted molar refractivity (Wildman–Crippen MR) is 61.5 cm³/mol. The second-order valence-corrected chi connectivity index (χ2v) is 2.81. The number of nitrogens with zero attached hydrogens (tertiary/aromatic N) is 1.